The fourth-order valence-corrected chi connectivity index (χ4v) is 3.88. The Kier molecular flexibility index (Phi) is 8.84. The molecule has 0 fully saturated rings. The zero-order valence-corrected chi connectivity index (χ0v) is 23.1. The van der Waals surface area contributed by atoms with E-state index in [1.807, 2.05) is 45.0 Å². The summed E-state index contributed by atoms with van der Waals surface area (Å²) in [5.74, 6) is 0.189. The van der Waals surface area contributed by atoms with E-state index in [9.17, 15) is 4.79 Å². The van der Waals surface area contributed by atoms with Crippen LogP contribution in [0.3, 0.4) is 0 Å². The third-order valence-corrected chi connectivity index (χ3v) is 6.00. The zero-order chi connectivity index (χ0) is 25.6. The molecule has 0 aliphatic heterocycles. The summed E-state index contributed by atoms with van der Waals surface area (Å²) in [6, 6.07) is 16.7. The number of nitrogens with zero attached hydrogens (tertiary/aromatic N) is 2. The molecule has 0 spiro atoms. The first-order valence-corrected chi connectivity index (χ1v) is 12.8. The van der Waals surface area contributed by atoms with Crippen molar-refractivity contribution in [1.82, 2.24) is 15.3 Å². The fourth-order valence-electron chi connectivity index (χ4n) is 3.67. The lowest BCUT2D eigenvalue weighted by molar-refractivity contribution is -0.159. The van der Waals surface area contributed by atoms with Gasteiger partial charge >= 0.3 is 5.97 Å². The molecule has 35 heavy (non-hydrogen) atoms. The number of carbonyl (C=O) groups is 1. The standard InChI is InChI=1S/C29H36BrN3O2/c1-28(2,3)24-13-9-21(10-14-24)16-31-17-23(27(34)35-29(4,5)6)15-20-7-11-22(12-8-20)26-32-18-25(30)19-33-26/h7-14,18-19,23,31H,15-17H2,1-6H3/t23-/m1/s1. The van der Waals surface area contributed by atoms with E-state index in [2.05, 4.69) is 76.3 Å². The number of benzene rings is 2. The first-order chi connectivity index (χ1) is 16.4. The van der Waals surface area contributed by atoms with Crippen LogP contribution in [-0.2, 0) is 27.9 Å². The van der Waals surface area contributed by atoms with E-state index in [0.29, 0.717) is 25.3 Å². The first kappa shape index (κ1) is 27.0. The van der Waals surface area contributed by atoms with Gasteiger partial charge in [-0.25, -0.2) is 9.97 Å². The molecule has 0 unspecified atom stereocenters. The molecule has 0 amide bonds. The second-order valence-electron chi connectivity index (χ2n) is 10.9. The highest BCUT2D eigenvalue weighted by Crippen LogP contribution is 2.23. The number of rotatable bonds is 8. The minimum absolute atomic E-state index is 0.132. The summed E-state index contributed by atoms with van der Waals surface area (Å²) in [5.41, 5.74) is 4.11. The van der Waals surface area contributed by atoms with Gasteiger partial charge < -0.3 is 10.1 Å². The number of esters is 1. The molecule has 3 rings (SSSR count). The molecule has 6 heteroatoms. The molecule has 0 aliphatic carbocycles. The molecule has 2 aromatic carbocycles. The second kappa shape index (κ2) is 11.4. The van der Waals surface area contributed by atoms with Crippen molar-refractivity contribution >= 4 is 21.9 Å². The van der Waals surface area contributed by atoms with Crippen molar-refractivity contribution in [1.29, 1.82) is 0 Å². The van der Waals surface area contributed by atoms with Crippen LogP contribution in [0.4, 0.5) is 0 Å². The Balaban J connectivity index is 1.66. The van der Waals surface area contributed by atoms with Gasteiger partial charge in [0.15, 0.2) is 5.82 Å². The van der Waals surface area contributed by atoms with Crippen molar-refractivity contribution in [3.05, 3.63) is 82.1 Å². The van der Waals surface area contributed by atoms with Crippen LogP contribution in [0, 0.1) is 5.92 Å². The Hall–Kier alpha value is -2.57. The summed E-state index contributed by atoms with van der Waals surface area (Å²) in [6.07, 6.45) is 4.06. The van der Waals surface area contributed by atoms with Gasteiger partial charge in [-0.1, -0.05) is 69.3 Å². The van der Waals surface area contributed by atoms with Crippen LogP contribution in [0.1, 0.15) is 58.2 Å². The average Bonchev–Trinajstić information content (AvgIpc) is 2.78. The highest BCUT2D eigenvalue weighted by atomic mass is 79.9. The molecule has 1 atom stereocenters. The van der Waals surface area contributed by atoms with Gasteiger partial charge in [0.2, 0.25) is 0 Å². The van der Waals surface area contributed by atoms with Crippen LogP contribution in [0.25, 0.3) is 11.4 Å². The number of carbonyl (C=O) groups excluding carboxylic acids is 1. The lowest BCUT2D eigenvalue weighted by atomic mass is 9.87. The van der Waals surface area contributed by atoms with E-state index >= 15 is 0 Å². The van der Waals surface area contributed by atoms with E-state index in [4.69, 9.17) is 4.74 Å². The molecular weight excluding hydrogens is 502 g/mol. The molecule has 1 heterocycles. The largest absolute Gasteiger partial charge is 0.460 e. The van der Waals surface area contributed by atoms with E-state index in [1.54, 1.807) is 12.4 Å². The van der Waals surface area contributed by atoms with E-state index in [1.165, 1.54) is 11.1 Å². The third-order valence-electron chi connectivity index (χ3n) is 5.59. The van der Waals surface area contributed by atoms with Crippen molar-refractivity contribution in [2.75, 3.05) is 6.54 Å². The molecule has 0 saturated carbocycles. The Morgan fingerprint density at radius 1 is 0.914 bits per heavy atom. The lowest BCUT2D eigenvalue weighted by Crippen LogP contribution is -2.35. The zero-order valence-electron chi connectivity index (χ0n) is 21.6. The Labute approximate surface area is 217 Å². The van der Waals surface area contributed by atoms with Crippen LogP contribution in [-0.4, -0.2) is 28.1 Å². The quantitative estimate of drug-likeness (QED) is 0.332. The van der Waals surface area contributed by atoms with Gasteiger partial charge in [0, 0.05) is 31.0 Å². The van der Waals surface area contributed by atoms with Crippen LogP contribution in [0.2, 0.25) is 0 Å². The van der Waals surface area contributed by atoms with E-state index < -0.39 is 5.60 Å². The molecule has 0 radical (unpaired) electrons. The number of ether oxygens (including phenoxy) is 1. The maximum absolute atomic E-state index is 13.0. The number of halogens is 1. The van der Waals surface area contributed by atoms with Crippen molar-refractivity contribution < 1.29 is 9.53 Å². The highest BCUT2D eigenvalue weighted by molar-refractivity contribution is 9.10. The van der Waals surface area contributed by atoms with Crippen molar-refractivity contribution in [3.8, 4) is 11.4 Å². The summed E-state index contributed by atoms with van der Waals surface area (Å²) in [7, 11) is 0. The normalized spacial score (nSPS) is 12.9. The minimum atomic E-state index is -0.527. The van der Waals surface area contributed by atoms with Crippen LogP contribution < -0.4 is 5.32 Å². The van der Waals surface area contributed by atoms with Crippen molar-refractivity contribution in [3.63, 3.8) is 0 Å². The van der Waals surface area contributed by atoms with Gasteiger partial charge in [0.05, 0.1) is 10.4 Å². The van der Waals surface area contributed by atoms with Crippen molar-refractivity contribution in [2.45, 2.75) is 65.5 Å². The predicted molar refractivity (Wildman–Crippen MR) is 145 cm³/mol. The monoisotopic (exact) mass is 537 g/mol. The Morgan fingerprint density at radius 3 is 2.03 bits per heavy atom. The average molecular weight is 539 g/mol. The van der Waals surface area contributed by atoms with Gasteiger partial charge in [0.1, 0.15) is 5.60 Å². The number of aromatic nitrogens is 2. The molecular formula is C29H36BrN3O2. The Morgan fingerprint density at radius 2 is 1.49 bits per heavy atom. The molecule has 1 N–H and O–H groups in total. The summed E-state index contributed by atoms with van der Waals surface area (Å²) in [6.45, 7) is 13.6. The summed E-state index contributed by atoms with van der Waals surface area (Å²) >= 11 is 3.36. The van der Waals surface area contributed by atoms with E-state index in [0.717, 1.165) is 15.6 Å². The van der Waals surface area contributed by atoms with Gasteiger partial charge in [-0.15, -0.1) is 0 Å². The molecule has 5 nitrogen and oxygen atoms in total. The number of hydrogen-bond donors (Lipinski definition) is 1. The molecule has 0 saturated heterocycles. The smallest absolute Gasteiger partial charge is 0.311 e. The summed E-state index contributed by atoms with van der Waals surface area (Å²) in [4.78, 5) is 21.7. The van der Waals surface area contributed by atoms with Crippen LogP contribution in [0.5, 0.6) is 0 Å². The van der Waals surface area contributed by atoms with Crippen molar-refractivity contribution in [2.24, 2.45) is 5.92 Å². The number of nitrogens with one attached hydrogen (secondary N) is 1. The summed E-state index contributed by atoms with van der Waals surface area (Å²) < 4.78 is 6.57. The molecule has 1 aromatic heterocycles. The fraction of sp³-hybridized carbons (Fsp3) is 0.414. The van der Waals surface area contributed by atoms with Gasteiger partial charge in [-0.2, -0.15) is 0 Å². The SMILES string of the molecule is CC(C)(C)OC(=O)[C@@H](CNCc1ccc(C(C)(C)C)cc1)Cc1ccc(-c2ncc(Br)cn2)cc1. The molecule has 0 aliphatic rings. The minimum Gasteiger partial charge on any atom is -0.460 e. The van der Waals surface area contributed by atoms with Gasteiger partial charge in [0.25, 0.3) is 0 Å². The van der Waals surface area contributed by atoms with Gasteiger partial charge in [-0.3, -0.25) is 4.79 Å². The second-order valence-corrected chi connectivity index (χ2v) is 11.8. The third kappa shape index (κ3) is 8.55. The predicted octanol–water partition coefficient (Wildman–Crippen LogP) is 6.49. The summed E-state index contributed by atoms with van der Waals surface area (Å²) in [5, 5.41) is 3.46. The first-order valence-electron chi connectivity index (χ1n) is 12.0. The van der Waals surface area contributed by atoms with Gasteiger partial charge in [-0.05, 0) is 65.2 Å². The van der Waals surface area contributed by atoms with Crippen LogP contribution >= 0.6 is 15.9 Å². The number of hydrogen-bond acceptors (Lipinski definition) is 5. The van der Waals surface area contributed by atoms with Crippen LogP contribution in [0.15, 0.2) is 65.4 Å². The molecule has 3 aromatic rings. The Bertz CT molecular complexity index is 1100. The maximum atomic E-state index is 13.0. The maximum Gasteiger partial charge on any atom is 0.311 e. The van der Waals surface area contributed by atoms with E-state index in [-0.39, 0.29) is 17.3 Å². The highest BCUT2D eigenvalue weighted by Gasteiger charge is 2.25. The topological polar surface area (TPSA) is 64.1 Å². The molecule has 186 valence electrons. The molecule has 0 bridgehead atoms. The lowest BCUT2D eigenvalue weighted by Gasteiger charge is -2.24.